The first-order valence-electron chi connectivity index (χ1n) is 4.98. The second kappa shape index (κ2) is 4.36. The highest BCUT2D eigenvalue weighted by atomic mass is 19.4. The van der Waals surface area contributed by atoms with Gasteiger partial charge in [-0.2, -0.15) is 13.2 Å². The molecular weight excluding hydrogens is 239 g/mol. The molecule has 1 aliphatic rings. The zero-order valence-corrected chi connectivity index (χ0v) is 8.75. The van der Waals surface area contributed by atoms with Crippen LogP contribution in [0.2, 0.25) is 0 Å². The summed E-state index contributed by atoms with van der Waals surface area (Å²) in [6.07, 6.45) is -4.62. The number of nitrogens with one attached hydrogen (secondary N) is 1. The van der Waals surface area contributed by atoms with Gasteiger partial charge in [0.05, 0.1) is 13.2 Å². The average molecular weight is 249 g/mol. The molecule has 5 nitrogen and oxygen atoms in total. The van der Waals surface area contributed by atoms with E-state index in [0.717, 1.165) is 0 Å². The summed E-state index contributed by atoms with van der Waals surface area (Å²) in [4.78, 5) is 18.4. The summed E-state index contributed by atoms with van der Waals surface area (Å²) < 4.78 is 42.4. The molecule has 0 unspecified atom stereocenters. The topological polar surface area (TPSA) is 58.2 Å². The zero-order chi connectivity index (χ0) is 12.5. The summed E-state index contributed by atoms with van der Waals surface area (Å²) in [6.45, 7) is 1.62. The molecule has 1 saturated heterocycles. The van der Waals surface area contributed by atoms with Crippen molar-refractivity contribution in [1.29, 1.82) is 0 Å². The van der Waals surface area contributed by atoms with Crippen molar-refractivity contribution in [2.45, 2.75) is 6.18 Å². The Hall–Kier alpha value is -1.57. The van der Waals surface area contributed by atoms with Crippen LogP contribution in [0.15, 0.2) is 10.9 Å². The summed E-state index contributed by atoms with van der Waals surface area (Å²) in [6, 6.07) is 0.448. The summed E-state index contributed by atoms with van der Waals surface area (Å²) in [5, 5.41) is 0. The SMILES string of the molecule is O=c1cc(C(F)(F)F)nc(N2CCOCC2)[nH]1. The van der Waals surface area contributed by atoms with E-state index < -0.39 is 17.4 Å². The van der Waals surface area contributed by atoms with Crippen LogP contribution in [0.5, 0.6) is 0 Å². The Kier molecular flexibility index (Phi) is 3.05. The van der Waals surface area contributed by atoms with Gasteiger partial charge >= 0.3 is 6.18 Å². The van der Waals surface area contributed by atoms with Gasteiger partial charge in [0.2, 0.25) is 5.95 Å². The Morgan fingerprint density at radius 1 is 1.35 bits per heavy atom. The van der Waals surface area contributed by atoms with Crippen molar-refractivity contribution in [2.75, 3.05) is 31.2 Å². The molecule has 0 bridgehead atoms. The van der Waals surface area contributed by atoms with Crippen LogP contribution in [0.4, 0.5) is 19.1 Å². The Bertz CT molecular complexity index is 452. The van der Waals surface area contributed by atoms with Crippen LogP contribution in [-0.2, 0) is 10.9 Å². The Morgan fingerprint density at radius 2 is 2.00 bits per heavy atom. The number of ether oxygens (including phenoxy) is 1. The first kappa shape index (κ1) is 11.9. The molecule has 1 aromatic heterocycles. The number of nitrogens with zero attached hydrogens (tertiary/aromatic N) is 2. The molecule has 8 heteroatoms. The molecule has 1 fully saturated rings. The van der Waals surface area contributed by atoms with E-state index in [0.29, 0.717) is 32.4 Å². The van der Waals surface area contributed by atoms with Crippen molar-refractivity contribution in [3.63, 3.8) is 0 Å². The second-order valence-corrected chi connectivity index (χ2v) is 3.55. The van der Waals surface area contributed by atoms with E-state index in [1.165, 1.54) is 0 Å². The molecule has 1 aromatic rings. The third-order valence-electron chi connectivity index (χ3n) is 2.33. The summed E-state index contributed by atoms with van der Waals surface area (Å²) >= 11 is 0. The Morgan fingerprint density at radius 3 is 2.59 bits per heavy atom. The minimum Gasteiger partial charge on any atom is -0.378 e. The fourth-order valence-electron chi connectivity index (χ4n) is 1.51. The van der Waals surface area contributed by atoms with E-state index in [1.54, 1.807) is 4.90 Å². The third-order valence-corrected chi connectivity index (χ3v) is 2.33. The van der Waals surface area contributed by atoms with Crippen LogP contribution >= 0.6 is 0 Å². The molecule has 17 heavy (non-hydrogen) atoms. The highest BCUT2D eigenvalue weighted by Crippen LogP contribution is 2.27. The molecular formula is C9H10F3N3O2. The largest absolute Gasteiger partial charge is 0.433 e. The standard InChI is InChI=1S/C9H10F3N3O2/c10-9(11,12)6-5-7(16)14-8(13-6)15-1-3-17-4-2-15/h5H,1-4H2,(H,13,14,16). The predicted octanol–water partition coefficient (Wildman–Crippen LogP) is 0.625. The number of aromatic nitrogens is 2. The maximum Gasteiger partial charge on any atom is 0.433 e. The molecule has 0 aromatic carbocycles. The molecule has 94 valence electrons. The predicted molar refractivity (Wildman–Crippen MR) is 52.9 cm³/mol. The van der Waals surface area contributed by atoms with Crippen LogP contribution < -0.4 is 10.5 Å². The van der Waals surface area contributed by atoms with Crippen LogP contribution in [0, 0.1) is 0 Å². The number of hydrogen-bond acceptors (Lipinski definition) is 4. The lowest BCUT2D eigenvalue weighted by Crippen LogP contribution is -2.38. The zero-order valence-electron chi connectivity index (χ0n) is 8.75. The first-order chi connectivity index (χ1) is 7.97. The second-order valence-electron chi connectivity index (χ2n) is 3.55. The van der Waals surface area contributed by atoms with E-state index in [-0.39, 0.29) is 5.95 Å². The minimum absolute atomic E-state index is 0.0619. The molecule has 0 aliphatic carbocycles. The van der Waals surface area contributed by atoms with E-state index >= 15 is 0 Å². The molecule has 0 radical (unpaired) electrons. The van der Waals surface area contributed by atoms with Crippen molar-refractivity contribution < 1.29 is 17.9 Å². The van der Waals surface area contributed by atoms with Crippen molar-refractivity contribution in [3.05, 3.63) is 22.1 Å². The molecule has 1 aliphatic heterocycles. The summed E-state index contributed by atoms with van der Waals surface area (Å²) in [7, 11) is 0. The van der Waals surface area contributed by atoms with Crippen LogP contribution in [0.1, 0.15) is 5.69 Å². The van der Waals surface area contributed by atoms with Gasteiger partial charge in [0.25, 0.3) is 5.56 Å². The molecule has 0 saturated carbocycles. The van der Waals surface area contributed by atoms with E-state index in [1.807, 2.05) is 0 Å². The summed E-state index contributed by atoms with van der Waals surface area (Å²) in [5.41, 5.74) is -1.99. The van der Waals surface area contributed by atoms with Gasteiger partial charge in [-0.05, 0) is 0 Å². The smallest absolute Gasteiger partial charge is 0.378 e. The highest BCUT2D eigenvalue weighted by Gasteiger charge is 2.34. The molecule has 2 heterocycles. The number of H-pyrrole nitrogens is 1. The van der Waals surface area contributed by atoms with Gasteiger partial charge in [0.15, 0.2) is 5.69 Å². The van der Waals surface area contributed by atoms with E-state index in [2.05, 4.69) is 9.97 Å². The number of alkyl halides is 3. The van der Waals surface area contributed by atoms with Gasteiger partial charge < -0.3 is 9.64 Å². The molecule has 0 amide bonds. The average Bonchev–Trinajstić information content (AvgIpc) is 2.28. The van der Waals surface area contributed by atoms with Crippen LogP contribution in [0.25, 0.3) is 0 Å². The summed E-state index contributed by atoms with van der Waals surface area (Å²) in [5.74, 6) is -0.0619. The van der Waals surface area contributed by atoms with Crippen LogP contribution in [0.3, 0.4) is 0 Å². The van der Waals surface area contributed by atoms with Gasteiger partial charge in [0.1, 0.15) is 0 Å². The van der Waals surface area contributed by atoms with Crippen molar-refractivity contribution in [1.82, 2.24) is 9.97 Å². The Balaban J connectivity index is 2.34. The maximum absolute atomic E-state index is 12.5. The van der Waals surface area contributed by atoms with Gasteiger partial charge in [-0.3, -0.25) is 9.78 Å². The van der Waals surface area contributed by atoms with E-state index in [4.69, 9.17) is 4.74 Å². The normalized spacial score (nSPS) is 17.2. The molecule has 1 N–H and O–H groups in total. The maximum atomic E-state index is 12.5. The van der Waals surface area contributed by atoms with Crippen LogP contribution in [-0.4, -0.2) is 36.3 Å². The van der Waals surface area contributed by atoms with E-state index in [9.17, 15) is 18.0 Å². The third kappa shape index (κ3) is 2.76. The number of aromatic amines is 1. The number of halogens is 3. The van der Waals surface area contributed by atoms with Gasteiger partial charge in [-0.25, -0.2) is 4.98 Å². The fourth-order valence-corrected chi connectivity index (χ4v) is 1.51. The van der Waals surface area contributed by atoms with Crippen molar-refractivity contribution >= 4 is 5.95 Å². The number of hydrogen-bond donors (Lipinski definition) is 1. The quantitative estimate of drug-likeness (QED) is 0.793. The van der Waals surface area contributed by atoms with Crippen molar-refractivity contribution in [3.8, 4) is 0 Å². The lowest BCUT2D eigenvalue weighted by molar-refractivity contribution is -0.141. The molecule has 0 spiro atoms. The van der Waals surface area contributed by atoms with Gasteiger partial charge in [-0.15, -0.1) is 0 Å². The van der Waals surface area contributed by atoms with Gasteiger partial charge in [0, 0.05) is 19.2 Å². The minimum atomic E-state index is -4.62. The lowest BCUT2D eigenvalue weighted by Gasteiger charge is -2.27. The highest BCUT2D eigenvalue weighted by molar-refractivity contribution is 5.31. The van der Waals surface area contributed by atoms with Crippen molar-refractivity contribution in [2.24, 2.45) is 0 Å². The monoisotopic (exact) mass is 249 g/mol. The first-order valence-corrected chi connectivity index (χ1v) is 4.98. The molecule has 2 rings (SSSR count). The van der Waals surface area contributed by atoms with Gasteiger partial charge in [-0.1, -0.05) is 0 Å². The Labute approximate surface area is 94.2 Å². The molecule has 0 atom stereocenters. The fraction of sp³-hybridized carbons (Fsp3) is 0.556. The number of morpholine rings is 1. The number of rotatable bonds is 1. The number of anilines is 1. The lowest BCUT2D eigenvalue weighted by atomic mass is 10.4.